The molecule has 0 radical (unpaired) electrons. The summed E-state index contributed by atoms with van der Waals surface area (Å²) in [5, 5.41) is 19.6. The Morgan fingerprint density at radius 1 is 0.889 bits per heavy atom. The minimum absolute atomic E-state index is 0.463. The number of aliphatic hydroxyl groups is 1. The Labute approximate surface area is 106 Å². The minimum atomic E-state index is -1.28. The average Bonchev–Trinajstić information content (AvgIpc) is 3.09. The van der Waals surface area contributed by atoms with E-state index in [9.17, 15) is 10.4 Å². The Kier molecular flexibility index (Phi) is 2.26. The highest BCUT2D eigenvalue weighted by Gasteiger charge is 2.69. The number of rotatable bonds is 2. The lowest BCUT2D eigenvalue weighted by atomic mass is 9.85. The molecule has 3 rings (SSSR count). The fourth-order valence-electron chi connectivity index (χ4n) is 2.77. The molecule has 1 saturated carbocycles. The molecule has 18 heavy (non-hydrogen) atoms. The van der Waals surface area contributed by atoms with Crippen LogP contribution in [0.15, 0.2) is 60.7 Å². The van der Waals surface area contributed by atoms with Gasteiger partial charge in [-0.1, -0.05) is 60.7 Å². The molecule has 1 unspecified atom stereocenters. The standard InChI is InChI=1S/C16H13NO/c17-12-15(18)11-16(15,13-7-3-1-4-8-13)14-9-5-2-6-10-14/h1-10,18H,11H2. The number of hydrogen-bond donors (Lipinski definition) is 1. The molecule has 1 aliphatic carbocycles. The van der Waals surface area contributed by atoms with Gasteiger partial charge in [0.1, 0.15) is 0 Å². The van der Waals surface area contributed by atoms with Crippen LogP contribution in [-0.2, 0) is 5.41 Å². The van der Waals surface area contributed by atoms with E-state index in [1.807, 2.05) is 60.7 Å². The Morgan fingerprint density at radius 2 is 1.33 bits per heavy atom. The summed E-state index contributed by atoms with van der Waals surface area (Å²) in [6.07, 6.45) is 0.463. The second-order valence-electron chi connectivity index (χ2n) is 4.79. The van der Waals surface area contributed by atoms with Gasteiger partial charge >= 0.3 is 0 Å². The Balaban J connectivity index is 2.18. The molecule has 1 fully saturated rings. The predicted molar refractivity (Wildman–Crippen MR) is 68.8 cm³/mol. The van der Waals surface area contributed by atoms with Crippen LogP contribution < -0.4 is 0 Å². The second kappa shape index (κ2) is 3.69. The summed E-state index contributed by atoms with van der Waals surface area (Å²) in [4.78, 5) is 0. The molecule has 1 N–H and O–H groups in total. The van der Waals surface area contributed by atoms with Crippen molar-refractivity contribution in [3.63, 3.8) is 0 Å². The van der Waals surface area contributed by atoms with E-state index < -0.39 is 11.0 Å². The zero-order valence-electron chi connectivity index (χ0n) is 9.88. The summed E-state index contributed by atoms with van der Waals surface area (Å²) in [6, 6.07) is 21.6. The lowest BCUT2D eigenvalue weighted by Crippen LogP contribution is -2.23. The zero-order valence-corrected chi connectivity index (χ0v) is 9.88. The third-order valence-electron chi connectivity index (χ3n) is 3.82. The first-order valence-electron chi connectivity index (χ1n) is 5.98. The van der Waals surface area contributed by atoms with Crippen molar-refractivity contribution in [2.45, 2.75) is 17.4 Å². The fraction of sp³-hybridized carbons (Fsp3) is 0.188. The normalized spacial score (nSPS) is 24.2. The molecular formula is C16H13NO. The highest BCUT2D eigenvalue weighted by molar-refractivity contribution is 5.55. The van der Waals surface area contributed by atoms with Gasteiger partial charge in [0, 0.05) is 6.42 Å². The van der Waals surface area contributed by atoms with Crippen LogP contribution >= 0.6 is 0 Å². The fourth-order valence-corrected chi connectivity index (χ4v) is 2.77. The van der Waals surface area contributed by atoms with Gasteiger partial charge in [-0.05, 0) is 11.1 Å². The Bertz CT molecular complexity index is 560. The van der Waals surface area contributed by atoms with Crippen molar-refractivity contribution in [1.29, 1.82) is 5.26 Å². The lowest BCUT2D eigenvalue weighted by molar-refractivity contribution is 0.187. The van der Waals surface area contributed by atoms with E-state index in [4.69, 9.17) is 0 Å². The molecule has 2 aromatic rings. The molecule has 1 aliphatic rings. The molecule has 0 bridgehead atoms. The molecule has 0 aromatic heterocycles. The van der Waals surface area contributed by atoms with E-state index in [2.05, 4.69) is 6.07 Å². The smallest absolute Gasteiger partial charge is 0.166 e. The van der Waals surface area contributed by atoms with Crippen LogP contribution in [0.25, 0.3) is 0 Å². The second-order valence-corrected chi connectivity index (χ2v) is 4.79. The molecule has 0 saturated heterocycles. The van der Waals surface area contributed by atoms with Gasteiger partial charge in [0.05, 0.1) is 11.5 Å². The van der Waals surface area contributed by atoms with E-state index in [1.54, 1.807) is 0 Å². The summed E-state index contributed by atoms with van der Waals surface area (Å²) in [5.74, 6) is 0. The summed E-state index contributed by atoms with van der Waals surface area (Å²) in [6.45, 7) is 0. The van der Waals surface area contributed by atoms with E-state index in [-0.39, 0.29) is 0 Å². The van der Waals surface area contributed by atoms with Crippen LogP contribution in [0, 0.1) is 11.3 Å². The summed E-state index contributed by atoms with van der Waals surface area (Å²) in [5.41, 5.74) is 0.153. The molecule has 88 valence electrons. The van der Waals surface area contributed by atoms with Gasteiger partial charge in [0.15, 0.2) is 5.60 Å². The van der Waals surface area contributed by atoms with Crippen LogP contribution in [-0.4, -0.2) is 10.7 Å². The third kappa shape index (κ3) is 1.32. The molecule has 1 atom stereocenters. The first kappa shape index (κ1) is 11.0. The van der Waals surface area contributed by atoms with E-state index in [1.165, 1.54) is 0 Å². The predicted octanol–water partition coefficient (Wildman–Crippen LogP) is 2.63. The van der Waals surface area contributed by atoms with E-state index >= 15 is 0 Å². The topological polar surface area (TPSA) is 44.0 Å². The van der Waals surface area contributed by atoms with Crippen molar-refractivity contribution in [2.24, 2.45) is 0 Å². The number of nitriles is 1. The Hall–Kier alpha value is -2.11. The summed E-state index contributed by atoms with van der Waals surface area (Å²) >= 11 is 0. The van der Waals surface area contributed by atoms with Crippen molar-refractivity contribution >= 4 is 0 Å². The van der Waals surface area contributed by atoms with Crippen LogP contribution in [0.5, 0.6) is 0 Å². The van der Waals surface area contributed by atoms with Gasteiger partial charge in [0.25, 0.3) is 0 Å². The molecule has 0 amide bonds. The quantitative estimate of drug-likeness (QED) is 0.813. The summed E-state index contributed by atoms with van der Waals surface area (Å²) in [7, 11) is 0. The molecule has 2 heteroatoms. The van der Waals surface area contributed by atoms with Crippen molar-refractivity contribution < 1.29 is 5.11 Å². The van der Waals surface area contributed by atoms with Gasteiger partial charge in [0.2, 0.25) is 0 Å². The van der Waals surface area contributed by atoms with Crippen molar-refractivity contribution in [3.05, 3.63) is 71.8 Å². The highest BCUT2D eigenvalue weighted by atomic mass is 16.3. The van der Waals surface area contributed by atoms with Crippen LogP contribution in [0.3, 0.4) is 0 Å². The zero-order chi connectivity index (χ0) is 12.6. The van der Waals surface area contributed by atoms with E-state index in [0.29, 0.717) is 6.42 Å². The third-order valence-corrected chi connectivity index (χ3v) is 3.82. The van der Waals surface area contributed by atoms with Crippen LogP contribution in [0.2, 0.25) is 0 Å². The number of nitrogens with zero attached hydrogens (tertiary/aromatic N) is 1. The first-order valence-corrected chi connectivity index (χ1v) is 5.98. The van der Waals surface area contributed by atoms with Crippen molar-refractivity contribution in [3.8, 4) is 6.07 Å². The number of benzene rings is 2. The first-order chi connectivity index (χ1) is 8.73. The highest BCUT2D eigenvalue weighted by Crippen LogP contribution is 2.61. The maximum Gasteiger partial charge on any atom is 0.166 e. The number of hydrogen-bond acceptors (Lipinski definition) is 2. The van der Waals surface area contributed by atoms with Gasteiger partial charge < -0.3 is 5.11 Å². The van der Waals surface area contributed by atoms with Gasteiger partial charge in [-0.2, -0.15) is 5.26 Å². The molecule has 0 heterocycles. The van der Waals surface area contributed by atoms with Gasteiger partial charge in [-0.3, -0.25) is 0 Å². The molecular weight excluding hydrogens is 222 g/mol. The van der Waals surface area contributed by atoms with Gasteiger partial charge in [-0.25, -0.2) is 0 Å². The summed E-state index contributed by atoms with van der Waals surface area (Å²) < 4.78 is 0. The van der Waals surface area contributed by atoms with E-state index in [0.717, 1.165) is 11.1 Å². The van der Waals surface area contributed by atoms with Gasteiger partial charge in [-0.15, -0.1) is 0 Å². The largest absolute Gasteiger partial charge is 0.374 e. The molecule has 2 nitrogen and oxygen atoms in total. The van der Waals surface area contributed by atoms with Crippen molar-refractivity contribution in [2.75, 3.05) is 0 Å². The maximum absolute atomic E-state index is 10.4. The Morgan fingerprint density at radius 3 is 1.67 bits per heavy atom. The monoisotopic (exact) mass is 235 g/mol. The molecule has 2 aromatic carbocycles. The van der Waals surface area contributed by atoms with Crippen LogP contribution in [0.4, 0.5) is 0 Å². The average molecular weight is 235 g/mol. The van der Waals surface area contributed by atoms with Crippen LogP contribution in [0.1, 0.15) is 17.5 Å². The SMILES string of the molecule is N#CC1(O)CC1(c1ccccc1)c1ccccc1. The minimum Gasteiger partial charge on any atom is -0.374 e. The lowest BCUT2D eigenvalue weighted by Gasteiger charge is -2.19. The molecule has 0 aliphatic heterocycles. The maximum atomic E-state index is 10.4. The molecule has 0 spiro atoms. The van der Waals surface area contributed by atoms with Crippen molar-refractivity contribution in [1.82, 2.24) is 0 Å².